The van der Waals surface area contributed by atoms with Gasteiger partial charge < -0.3 is 9.84 Å². The number of hydrogen-bond acceptors (Lipinski definition) is 3. The highest BCUT2D eigenvalue weighted by Crippen LogP contribution is 2.35. The largest absolute Gasteiger partial charge is 0.496 e. The third-order valence-electron chi connectivity index (χ3n) is 3.46. The zero-order valence-electron chi connectivity index (χ0n) is 11.2. The average Bonchev–Trinajstić information content (AvgIpc) is 2.98. The molecule has 20 heavy (non-hydrogen) atoms. The summed E-state index contributed by atoms with van der Waals surface area (Å²) < 4.78 is 5.44. The van der Waals surface area contributed by atoms with E-state index in [0.717, 1.165) is 22.1 Å². The molecule has 1 unspecified atom stereocenters. The molecule has 1 N–H and O–H groups in total. The highest BCUT2D eigenvalue weighted by molar-refractivity contribution is 7.09. The number of hydrogen-bond donors (Lipinski definition) is 1. The molecule has 3 aromatic rings. The molecule has 0 radical (unpaired) electrons. The van der Waals surface area contributed by atoms with Gasteiger partial charge in [-0.05, 0) is 28.3 Å². The molecule has 0 fully saturated rings. The summed E-state index contributed by atoms with van der Waals surface area (Å²) in [5.41, 5.74) is 0.874. The standard InChI is InChI=1S/C17H16O2S/c1-19-16-9-8-12-5-2-3-7-14(12)17(16)15(18)11-13-6-4-10-20-13/h2-10,15,18H,11H2,1H3. The van der Waals surface area contributed by atoms with Gasteiger partial charge in [-0.15, -0.1) is 11.3 Å². The number of ether oxygens (including phenoxy) is 1. The molecule has 1 heterocycles. The van der Waals surface area contributed by atoms with Crippen molar-refractivity contribution in [2.45, 2.75) is 12.5 Å². The monoisotopic (exact) mass is 284 g/mol. The zero-order valence-corrected chi connectivity index (χ0v) is 12.1. The Bertz CT molecular complexity index is 704. The Kier molecular flexibility index (Phi) is 3.72. The molecule has 0 spiro atoms. The summed E-state index contributed by atoms with van der Waals surface area (Å²) in [5.74, 6) is 0.743. The van der Waals surface area contributed by atoms with E-state index in [1.54, 1.807) is 18.4 Å². The van der Waals surface area contributed by atoms with Crippen LogP contribution in [0.2, 0.25) is 0 Å². The quantitative estimate of drug-likeness (QED) is 0.778. The van der Waals surface area contributed by atoms with E-state index in [0.29, 0.717) is 6.42 Å². The summed E-state index contributed by atoms with van der Waals surface area (Å²) in [6.45, 7) is 0. The number of fused-ring (bicyclic) bond motifs is 1. The molecule has 3 rings (SSSR count). The highest BCUT2D eigenvalue weighted by atomic mass is 32.1. The van der Waals surface area contributed by atoms with E-state index in [1.807, 2.05) is 47.8 Å². The maximum absolute atomic E-state index is 10.6. The molecular weight excluding hydrogens is 268 g/mol. The Morgan fingerprint density at radius 2 is 1.95 bits per heavy atom. The average molecular weight is 284 g/mol. The van der Waals surface area contributed by atoms with Gasteiger partial charge in [0.1, 0.15) is 5.75 Å². The van der Waals surface area contributed by atoms with Crippen molar-refractivity contribution in [3.63, 3.8) is 0 Å². The zero-order chi connectivity index (χ0) is 13.9. The lowest BCUT2D eigenvalue weighted by Gasteiger charge is -2.17. The second-order valence-electron chi connectivity index (χ2n) is 4.70. The minimum Gasteiger partial charge on any atom is -0.496 e. The number of methoxy groups -OCH3 is 1. The molecule has 3 heteroatoms. The Balaban J connectivity index is 2.08. The summed E-state index contributed by atoms with van der Waals surface area (Å²) in [6, 6.07) is 16.1. The number of thiophene rings is 1. The molecule has 0 amide bonds. The number of aliphatic hydroxyl groups excluding tert-OH is 1. The molecular formula is C17H16O2S. The van der Waals surface area contributed by atoms with Gasteiger partial charge in [-0.2, -0.15) is 0 Å². The van der Waals surface area contributed by atoms with E-state index in [2.05, 4.69) is 6.07 Å². The van der Waals surface area contributed by atoms with Crippen LogP contribution in [0.5, 0.6) is 5.75 Å². The van der Waals surface area contributed by atoms with Crippen molar-refractivity contribution in [3.8, 4) is 5.75 Å². The molecule has 0 aliphatic heterocycles. The van der Waals surface area contributed by atoms with Crippen molar-refractivity contribution in [2.75, 3.05) is 7.11 Å². The smallest absolute Gasteiger partial charge is 0.125 e. The van der Waals surface area contributed by atoms with Crippen molar-refractivity contribution in [3.05, 3.63) is 64.4 Å². The first kappa shape index (κ1) is 13.2. The lowest BCUT2D eigenvalue weighted by atomic mass is 9.97. The fourth-order valence-electron chi connectivity index (χ4n) is 2.52. The third-order valence-corrected chi connectivity index (χ3v) is 4.36. The van der Waals surface area contributed by atoms with E-state index in [4.69, 9.17) is 4.74 Å². The first-order valence-corrected chi connectivity index (χ1v) is 7.43. The minimum atomic E-state index is -0.560. The van der Waals surface area contributed by atoms with Gasteiger partial charge in [-0.1, -0.05) is 36.4 Å². The molecule has 2 nitrogen and oxygen atoms in total. The molecule has 1 atom stereocenters. The fourth-order valence-corrected chi connectivity index (χ4v) is 3.26. The first-order valence-electron chi connectivity index (χ1n) is 6.55. The van der Waals surface area contributed by atoms with Crippen LogP contribution in [0.1, 0.15) is 16.5 Å². The predicted octanol–water partition coefficient (Wildman–Crippen LogP) is 4.19. The van der Waals surface area contributed by atoms with Gasteiger partial charge in [0.15, 0.2) is 0 Å². The van der Waals surface area contributed by atoms with Crippen LogP contribution in [-0.4, -0.2) is 12.2 Å². The minimum absolute atomic E-state index is 0.560. The lowest BCUT2D eigenvalue weighted by Crippen LogP contribution is -2.04. The van der Waals surface area contributed by atoms with Gasteiger partial charge in [0.25, 0.3) is 0 Å². The van der Waals surface area contributed by atoms with Crippen molar-refractivity contribution in [1.82, 2.24) is 0 Å². The summed E-state index contributed by atoms with van der Waals surface area (Å²) in [6.07, 6.45) is 0.0527. The molecule has 0 saturated heterocycles. The van der Waals surface area contributed by atoms with E-state index >= 15 is 0 Å². The van der Waals surface area contributed by atoms with E-state index < -0.39 is 6.10 Å². The third kappa shape index (κ3) is 2.42. The molecule has 0 saturated carbocycles. The van der Waals surface area contributed by atoms with E-state index in [1.165, 1.54) is 4.88 Å². The normalized spacial score (nSPS) is 12.5. The Labute approximate surface area is 122 Å². The van der Waals surface area contributed by atoms with Crippen LogP contribution in [0, 0.1) is 0 Å². The lowest BCUT2D eigenvalue weighted by molar-refractivity contribution is 0.176. The topological polar surface area (TPSA) is 29.5 Å². The number of aliphatic hydroxyl groups is 1. The van der Waals surface area contributed by atoms with Crippen LogP contribution in [0.3, 0.4) is 0 Å². The Hall–Kier alpha value is -1.84. The van der Waals surface area contributed by atoms with Gasteiger partial charge in [-0.3, -0.25) is 0 Å². The van der Waals surface area contributed by atoms with E-state index in [9.17, 15) is 5.11 Å². The maximum atomic E-state index is 10.6. The van der Waals surface area contributed by atoms with Gasteiger partial charge in [0.05, 0.1) is 13.2 Å². The van der Waals surface area contributed by atoms with Crippen molar-refractivity contribution in [2.24, 2.45) is 0 Å². The summed E-state index contributed by atoms with van der Waals surface area (Å²) in [4.78, 5) is 1.17. The van der Waals surface area contributed by atoms with Crippen LogP contribution in [0.4, 0.5) is 0 Å². The summed E-state index contributed by atoms with van der Waals surface area (Å²) in [7, 11) is 1.64. The van der Waals surface area contributed by atoms with Crippen LogP contribution in [0.15, 0.2) is 53.9 Å². The Morgan fingerprint density at radius 3 is 2.70 bits per heavy atom. The summed E-state index contributed by atoms with van der Waals surface area (Å²) >= 11 is 1.66. The number of benzene rings is 2. The molecule has 0 bridgehead atoms. The van der Waals surface area contributed by atoms with Gasteiger partial charge in [-0.25, -0.2) is 0 Å². The van der Waals surface area contributed by atoms with Gasteiger partial charge in [0.2, 0.25) is 0 Å². The van der Waals surface area contributed by atoms with Crippen LogP contribution >= 0.6 is 11.3 Å². The molecule has 2 aromatic carbocycles. The SMILES string of the molecule is COc1ccc2ccccc2c1C(O)Cc1cccs1. The van der Waals surface area contributed by atoms with E-state index in [-0.39, 0.29) is 0 Å². The van der Waals surface area contributed by atoms with Crippen molar-refractivity contribution < 1.29 is 9.84 Å². The van der Waals surface area contributed by atoms with Crippen LogP contribution < -0.4 is 4.74 Å². The summed E-state index contributed by atoms with van der Waals surface area (Å²) in [5, 5.41) is 14.8. The predicted molar refractivity (Wildman–Crippen MR) is 83.5 cm³/mol. The maximum Gasteiger partial charge on any atom is 0.125 e. The first-order chi connectivity index (χ1) is 9.79. The highest BCUT2D eigenvalue weighted by Gasteiger charge is 2.17. The molecule has 102 valence electrons. The fraction of sp³-hybridized carbons (Fsp3) is 0.176. The second-order valence-corrected chi connectivity index (χ2v) is 5.73. The number of rotatable bonds is 4. The van der Waals surface area contributed by atoms with Crippen molar-refractivity contribution in [1.29, 1.82) is 0 Å². The molecule has 0 aliphatic carbocycles. The van der Waals surface area contributed by atoms with Crippen molar-refractivity contribution >= 4 is 22.1 Å². The second kappa shape index (κ2) is 5.65. The van der Waals surface area contributed by atoms with Gasteiger partial charge in [0, 0.05) is 16.9 Å². The molecule has 0 aliphatic rings. The Morgan fingerprint density at radius 1 is 1.10 bits per heavy atom. The van der Waals surface area contributed by atoms with Gasteiger partial charge >= 0.3 is 0 Å². The van der Waals surface area contributed by atoms with Crippen LogP contribution in [0.25, 0.3) is 10.8 Å². The van der Waals surface area contributed by atoms with Crippen LogP contribution in [-0.2, 0) is 6.42 Å². The molecule has 1 aromatic heterocycles.